The van der Waals surface area contributed by atoms with Gasteiger partial charge in [0.2, 0.25) is 0 Å². The maximum Gasteiger partial charge on any atom is 0.307 e. The molecule has 0 saturated carbocycles. The van der Waals surface area contributed by atoms with Crippen molar-refractivity contribution in [1.82, 2.24) is 5.32 Å². The molecular formula is C12H18BrNO2S. The van der Waals surface area contributed by atoms with E-state index < -0.39 is 5.60 Å². The lowest BCUT2D eigenvalue weighted by molar-refractivity contribution is -0.154. The number of thiophene rings is 1. The predicted octanol–water partition coefficient (Wildman–Crippen LogP) is 3.33. The lowest BCUT2D eigenvalue weighted by atomic mass is 10.2. The third-order valence-corrected chi connectivity index (χ3v) is 3.54. The summed E-state index contributed by atoms with van der Waals surface area (Å²) in [6.45, 7) is 7.06. The van der Waals surface area contributed by atoms with Crippen molar-refractivity contribution in [2.24, 2.45) is 0 Å². The van der Waals surface area contributed by atoms with Gasteiger partial charge in [-0.25, -0.2) is 0 Å². The average molecular weight is 320 g/mol. The Morgan fingerprint density at radius 1 is 1.53 bits per heavy atom. The summed E-state index contributed by atoms with van der Waals surface area (Å²) in [6.07, 6.45) is 0.407. The van der Waals surface area contributed by atoms with Crippen LogP contribution in [-0.2, 0) is 16.1 Å². The van der Waals surface area contributed by atoms with E-state index in [9.17, 15) is 4.79 Å². The molecule has 0 aromatic carbocycles. The van der Waals surface area contributed by atoms with Gasteiger partial charge < -0.3 is 10.1 Å². The van der Waals surface area contributed by atoms with Crippen LogP contribution in [0.15, 0.2) is 15.9 Å². The molecule has 0 fully saturated rings. The Morgan fingerprint density at radius 2 is 2.24 bits per heavy atom. The summed E-state index contributed by atoms with van der Waals surface area (Å²) in [5.74, 6) is -0.155. The van der Waals surface area contributed by atoms with Crippen molar-refractivity contribution < 1.29 is 9.53 Å². The van der Waals surface area contributed by atoms with E-state index in [0.29, 0.717) is 13.0 Å². The zero-order valence-electron chi connectivity index (χ0n) is 10.4. The number of halogens is 1. The van der Waals surface area contributed by atoms with Crippen molar-refractivity contribution in [2.75, 3.05) is 6.54 Å². The SMILES string of the molecule is CC(C)(C)OC(=O)CCNCc1cc(Br)cs1. The molecule has 0 radical (unpaired) electrons. The van der Waals surface area contributed by atoms with Crippen LogP contribution in [0.2, 0.25) is 0 Å². The topological polar surface area (TPSA) is 38.3 Å². The van der Waals surface area contributed by atoms with E-state index in [4.69, 9.17) is 4.74 Å². The summed E-state index contributed by atoms with van der Waals surface area (Å²) < 4.78 is 6.31. The van der Waals surface area contributed by atoms with Gasteiger partial charge in [-0.05, 0) is 42.8 Å². The van der Waals surface area contributed by atoms with Crippen molar-refractivity contribution in [3.63, 3.8) is 0 Å². The molecule has 0 unspecified atom stereocenters. The molecule has 1 rings (SSSR count). The van der Waals surface area contributed by atoms with Crippen LogP contribution in [0.25, 0.3) is 0 Å². The molecule has 0 aliphatic rings. The number of hydrogen-bond acceptors (Lipinski definition) is 4. The number of rotatable bonds is 5. The van der Waals surface area contributed by atoms with Crippen molar-refractivity contribution in [1.29, 1.82) is 0 Å². The van der Waals surface area contributed by atoms with E-state index in [1.165, 1.54) is 4.88 Å². The quantitative estimate of drug-likeness (QED) is 0.668. The van der Waals surface area contributed by atoms with Gasteiger partial charge in [-0.2, -0.15) is 0 Å². The molecule has 0 amide bonds. The number of esters is 1. The second-order valence-corrected chi connectivity index (χ2v) is 6.66. The highest BCUT2D eigenvalue weighted by Crippen LogP contribution is 2.19. The highest BCUT2D eigenvalue weighted by Gasteiger charge is 2.15. The first kappa shape index (κ1) is 14.7. The molecule has 1 aromatic rings. The van der Waals surface area contributed by atoms with E-state index >= 15 is 0 Å². The van der Waals surface area contributed by atoms with Crippen LogP contribution < -0.4 is 5.32 Å². The molecule has 0 spiro atoms. The minimum absolute atomic E-state index is 0.155. The van der Waals surface area contributed by atoms with Gasteiger partial charge in [0.15, 0.2) is 0 Å². The number of nitrogens with one attached hydrogen (secondary N) is 1. The Labute approximate surface area is 115 Å². The van der Waals surface area contributed by atoms with E-state index in [2.05, 4.69) is 27.3 Å². The van der Waals surface area contributed by atoms with Gasteiger partial charge in [0.25, 0.3) is 0 Å². The molecule has 96 valence electrons. The van der Waals surface area contributed by atoms with Gasteiger partial charge in [0.05, 0.1) is 6.42 Å². The summed E-state index contributed by atoms with van der Waals surface area (Å²) in [4.78, 5) is 12.7. The van der Waals surface area contributed by atoms with Crippen LogP contribution in [0.1, 0.15) is 32.1 Å². The number of hydrogen-bond donors (Lipinski definition) is 1. The van der Waals surface area contributed by atoms with Crippen molar-refractivity contribution in [3.05, 3.63) is 20.8 Å². The van der Waals surface area contributed by atoms with Gasteiger partial charge in [-0.3, -0.25) is 4.79 Å². The normalized spacial score (nSPS) is 11.5. The van der Waals surface area contributed by atoms with Crippen molar-refractivity contribution in [2.45, 2.75) is 39.3 Å². The zero-order valence-corrected chi connectivity index (χ0v) is 12.8. The molecule has 1 N–H and O–H groups in total. The lowest BCUT2D eigenvalue weighted by Crippen LogP contribution is -2.26. The highest BCUT2D eigenvalue weighted by atomic mass is 79.9. The molecular weight excluding hydrogens is 302 g/mol. The van der Waals surface area contributed by atoms with E-state index in [1.54, 1.807) is 11.3 Å². The van der Waals surface area contributed by atoms with Crippen LogP contribution in [0.3, 0.4) is 0 Å². The van der Waals surface area contributed by atoms with E-state index in [1.807, 2.05) is 26.2 Å². The average Bonchev–Trinajstić information content (AvgIpc) is 2.56. The second kappa shape index (κ2) is 6.52. The first-order valence-corrected chi connectivity index (χ1v) is 7.19. The molecule has 0 atom stereocenters. The van der Waals surface area contributed by atoms with E-state index in [0.717, 1.165) is 11.0 Å². The lowest BCUT2D eigenvalue weighted by Gasteiger charge is -2.19. The number of carbonyl (C=O) groups excluding carboxylic acids is 1. The maximum absolute atomic E-state index is 11.4. The molecule has 1 heterocycles. The molecule has 5 heteroatoms. The number of ether oxygens (including phenoxy) is 1. The molecule has 1 aromatic heterocycles. The summed E-state index contributed by atoms with van der Waals surface area (Å²) in [7, 11) is 0. The molecule has 0 aliphatic carbocycles. The zero-order chi connectivity index (χ0) is 12.9. The minimum atomic E-state index is -0.393. The largest absolute Gasteiger partial charge is 0.460 e. The minimum Gasteiger partial charge on any atom is -0.460 e. The fourth-order valence-corrected chi connectivity index (χ4v) is 2.66. The second-order valence-electron chi connectivity index (χ2n) is 4.74. The van der Waals surface area contributed by atoms with Crippen molar-refractivity contribution >= 4 is 33.2 Å². The third-order valence-electron chi connectivity index (χ3n) is 1.85. The van der Waals surface area contributed by atoms with Gasteiger partial charge in [0, 0.05) is 27.8 Å². The van der Waals surface area contributed by atoms with Crippen LogP contribution >= 0.6 is 27.3 Å². The Balaban J connectivity index is 2.14. The molecule has 17 heavy (non-hydrogen) atoms. The first-order valence-electron chi connectivity index (χ1n) is 5.52. The first-order chi connectivity index (χ1) is 7.87. The molecule has 0 bridgehead atoms. The van der Waals surface area contributed by atoms with Crippen LogP contribution in [0.4, 0.5) is 0 Å². The third kappa shape index (κ3) is 6.81. The fraction of sp³-hybridized carbons (Fsp3) is 0.583. The summed E-state index contributed by atoms with van der Waals surface area (Å²) >= 11 is 5.10. The standard InChI is InChI=1S/C12H18BrNO2S/c1-12(2,3)16-11(15)4-5-14-7-10-6-9(13)8-17-10/h6,8,14H,4-5,7H2,1-3H3. The maximum atomic E-state index is 11.4. The van der Waals surface area contributed by atoms with Crippen LogP contribution in [-0.4, -0.2) is 18.1 Å². The van der Waals surface area contributed by atoms with Gasteiger partial charge >= 0.3 is 5.97 Å². The van der Waals surface area contributed by atoms with Crippen LogP contribution in [0.5, 0.6) is 0 Å². The van der Waals surface area contributed by atoms with Gasteiger partial charge in [0.1, 0.15) is 5.60 Å². The highest BCUT2D eigenvalue weighted by molar-refractivity contribution is 9.10. The van der Waals surface area contributed by atoms with Crippen LogP contribution in [0, 0.1) is 0 Å². The summed E-state index contributed by atoms with van der Waals surface area (Å²) in [6, 6.07) is 2.07. The van der Waals surface area contributed by atoms with E-state index in [-0.39, 0.29) is 5.97 Å². The van der Waals surface area contributed by atoms with Gasteiger partial charge in [-0.15, -0.1) is 11.3 Å². The summed E-state index contributed by atoms with van der Waals surface area (Å²) in [5, 5.41) is 5.27. The Kier molecular flexibility index (Phi) is 5.62. The molecule has 0 saturated heterocycles. The Morgan fingerprint density at radius 3 is 2.76 bits per heavy atom. The smallest absolute Gasteiger partial charge is 0.307 e. The Bertz CT molecular complexity index is 371. The fourth-order valence-electron chi connectivity index (χ4n) is 1.24. The predicted molar refractivity (Wildman–Crippen MR) is 74.2 cm³/mol. The van der Waals surface area contributed by atoms with Gasteiger partial charge in [-0.1, -0.05) is 0 Å². The molecule has 3 nitrogen and oxygen atoms in total. The van der Waals surface area contributed by atoms with Crippen molar-refractivity contribution in [3.8, 4) is 0 Å². The summed E-state index contributed by atoms with van der Waals surface area (Å²) in [5.41, 5.74) is -0.393. The molecule has 0 aliphatic heterocycles. The monoisotopic (exact) mass is 319 g/mol. The Hall–Kier alpha value is -0.390. The number of carbonyl (C=O) groups is 1.